The average molecular weight is 266 g/mol. The fraction of sp³-hybridized carbons (Fsp3) is 0.692. The third-order valence-electron chi connectivity index (χ3n) is 3.72. The molecule has 0 radical (unpaired) electrons. The Morgan fingerprint density at radius 1 is 1.50 bits per heavy atom. The molecule has 1 aromatic heterocycles. The van der Waals surface area contributed by atoms with Crippen molar-refractivity contribution in [1.29, 1.82) is 0 Å². The van der Waals surface area contributed by atoms with Gasteiger partial charge in [-0.05, 0) is 19.8 Å². The molecule has 0 unspecified atom stereocenters. The van der Waals surface area contributed by atoms with Crippen molar-refractivity contribution in [1.82, 2.24) is 15.1 Å². The molecule has 1 fully saturated rings. The molecule has 0 atom stereocenters. The SMILES string of the molecule is CCC1(CC)CSC(=NCc2cn(C)nc2C)N1. The van der Waals surface area contributed by atoms with E-state index >= 15 is 0 Å². The van der Waals surface area contributed by atoms with Crippen molar-refractivity contribution in [3.63, 3.8) is 0 Å². The largest absolute Gasteiger partial charge is 0.359 e. The molecule has 1 N–H and O–H groups in total. The Bertz CT molecular complexity index is 446. The topological polar surface area (TPSA) is 42.2 Å². The molecule has 1 saturated heterocycles. The molecular formula is C13H22N4S. The smallest absolute Gasteiger partial charge is 0.157 e. The molecule has 18 heavy (non-hydrogen) atoms. The summed E-state index contributed by atoms with van der Waals surface area (Å²) >= 11 is 1.84. The highest BCUT2D eigenvalue weighted by molar-refractivity contribution is 8.14. The Kier molecular flexibility index (Phi) is 4.00. The zero-order chi connectivity index (χ0) is 13.2. The molecule has 1 aliphatic rings. The fourth-order valence-electron chi connectivity index (χ4n) is 2.18. The Morgan fingerprint density at radius 2 is 2.22 bits per heavy atom. The first-order chi connectivity index (χ1) is 8.58. The van der Waals surface area contributed by atoms with Gasteiger partial charge in [0, 0.05) is 30.1 Å². The monoisotopic (exact) mass is 266 g/mol. The Balaban J connectivity index is 2.02. The minimum absolute atomic E-state index is 0.257. The lowest BCUT2D eigenvalue weighted by Gasteiger charge is -2.25. The lowest BCUT2D eigenvalue weighted by atomic mass is 9.96. The van der Waals surface area contributed by atoms with Gasteiger partial charge in [0.2, 0.25) is 0 Å². The molecule has 2 rings (SSSR count). The van der Waals surface area contributed by atoms with Gasteiger partial charge in [-0.3, -0.25) is 9.67 Å². The number of nitrogens with one attached hydrogen (secondary N) is 1. The maximum atomic E-state index is 4.67. The maximum Gasteiger partial charge on any atom is 0.157 e. The van der Waals surface area contributed by atoms with Crippen molar-refractivity contribution in [2.75, 3.05) is 5.75 Å². The summed E-state index contributed by atoms with van der Waals surface area (Å²) in [5.74, 6) is 1.13. The van der Waals surface area contributed by atoms with Gasteiger partial charge in [0.1, 0.15) is 0 Å². The molecule has 0 saturated carbocycles. The second-order valence-corrected chi connectivity index (χ2v) is 5.90. The third-order valence-corrected chi connectivity index (χ3v) is 4.92. The normalized spacial score (nSPS) is 20.3. The van der Waals surface area contributed by atoms with Crippen LogP contribution >= 0.6 is 11.8 Å². The van der Waals surface area contributed by atoms with Crippen LogP contribution in [0.2, 0.25) is 0 Å². The molecule has 0 spiro atoms. The zero-order valence-corrected chi connectivity index (χ0v) is 12.5. The molecule has 100 valence electrons. The predicted octanol–water partition coefficient (Wildman–Crippen LogP) is 2.48. The number of aliphatic imine (C=N–C) groups is 1. The van der Waals surface area contributed by atoms with Crippen LogP contribution in [0.15, 0.2) is 11.2 Å². The van der Waals surface area contributed by atoms with Crippen LogP contribution in [0.1, 0.15) is 37.9 Å². The number of aryl methyl sites for hydroxylation is 2. The molecular weight excluding hydrogens is 244 g/mol. The summed E-state index contributed by atoms with van der Waals surface area (Å²) in [6, 6.07) is 0. The van der Waals surface area contributed by atoms with Gasteiger partial charge in [-0.2, -0.15) is 5.10 Å². The van der Waals surface area contributed by atoms with Gasteiger partial charge in [-0.15, -0.1) is 0 Å². The Hall–Kier alpha value is -0.970. The average Bonchev–Trinajstić information content (AvgIpc) is 2.91. The van der Waals surface area contributed by atoms with E-state index < -0.39 is 0 Å². The van der Waals surface area contributed by atoms with Crippen LogP contribution in [-0.2, 0) is 13.6 Å². The van der Waals surface area contributed by atoms with Crippen molar-refractivity contribution >= 4 is 16.9 Å². The number of hydrogen-bond acceptors (Lipinski definition) is 3. The van der Waals surface area contributed by atoms with Gasteiger partial charge >= 0.3 is 0 Å². The first-order valence-electron chi connectivity index (χ1n) is 6.53. The highest BCUT2D eigenvalue weighted by Gasteiger charge is 2.33. The van der Waals surface area contributed by atoms with E-state index in [-0.39, 0.29) is 5.54 Å². The second-order valence-electron chi connectivity index (χ2n) is 4.94. The van der Waals surface area contributed by atoms with Crippen LogP contribution in [0.5, 0.6) is 0 Å². The zero-order valence-electron chi connectivity index (χ0n) is 11.7. The highest BCUT2D eigenvalue weighted by Crippen LogP contribution is 2.29. The van der Waals surface area contributed by atoms with E-state index in [9.17, 15) is 0 Å². The second kappa shape index (κ2) is 5.34. The number of thioether (sulfide) groups is 1. The van der Waals surface area contributed by atoms with Crippen molar-refractivity contribution in [3.05, 3.63) is 17.5 Å². The molecule has 0 amide bonds. The highest BCUT2D eigenvalue weighted by atomic mass is 32.2. The van der Waals surface area contributed by atoms with Crippen LogP contribution in [0, 0.1) is 6.92 Å². The van der Waals surface area contributed by atoms with E-state index in [4.69, 9.17) is 0 Å². The summed E-state index contributed by atoms with van der Waals surface area (Å²) in [4.78, 5) is 4.67. The number of amidine groups is 1. The quantitative estimate of drug-likeness (QED) is 0.910. The van der Waals surface area contributed by atoms with Gasteiger partial charge in [-0.1, -0.05) is 25.6 Å². The van der Waals surface area contributed by atoms with Crippen molar-refractivity contribution in [3.8, 4) is 0 Å². The van der Waals surface area contributed by atoms with Crippen LogP contribution in [0.4, 0.5) is 0 Å². The summed E-state index contributed by atoms with van der Waals surface area (Å²) in [6.07, 6.45) is 4.36. The molecule has 5 heteroatoms. The standard InChI is InChI=1S/C13H22N4S/c1-5-13(6-2)9-18-12(15-13)14-7-11-8-17(4)16-10(11)3/h8H,5-7,9H2,1-4H3,(H,14,15). The Morgan fingerprint density at radius 3 is 2.72 bits per heavy atom. The lowest BCUT2D eigenvalue weighted by Crippen LogP contribution is -2.42. The lowest BCUT2D eigenvalue weighted by molar-refractivity contribution is 0.407. The van der Waals surface area contributed by atoms with Gasteiger partial charge in [0.15, 0.2) is 5.17 Å². The van der Waals surface area contributed by atoms with Crippen LogP contribution in [-0.4, -0.2) is 26.2 Å². The van der Waals surface area contributed by atoms with E-state index in [0.29, 0.717) is 0 Å². The molecule has 0 aromatic carbocycles. The third kappa shape index (κ3) is 2.71. The number of nitrogens with zero attached hydrogens (tertiary/aromatic N) is 3. The molecule has 4 nitrogen and oxygen atoms in total. The van der Waals surface area contributed by atoms with Crippen LogP contribution in [0.3, 0.4) is 0 Å². The molecule has 1 aromatic rings. The minimum Gasteiger partial charge on any atom is -0.359 e. The first-order valence-corrected chi connectivity index (χ1v) is 7.51. The van der Waals surface area contributed by atoms with Gasteiger partial charge < -0.3 is 5.32 Å². The molecule has 0 aliphatic carbocycles. The number of aromatic nitrogens is 2. The van der Waals surface area contributed by atoms with Crippen LogP contribution in [0.25, 0.3) is 0 Å². The predicted molar refractivity (Wildman–Crippen MR) is 78.0 cm³/mol. The summed E-state index contributed by atoms with van der Waals surface area (Å²) in [5.41, 5.74) is 2.54. The van der Waals surface area contributed by atoms with E-state index in [1.807, 2.05) is 36.6 Å². The van der Waals surface area contributed by atoms with Crippen LogP contribution < -0.4 is 5.32 Å². The minimum atomic E-state index is 0.257. The summed E-state index contributed by atoms with van der Waals surface area (Å²) < 4.78 is 1.85. The Labute approximate surface area is 113 Å². The van der Waals surface area contributed by atoms with Crippen molar-refractivity contribution in [2.24, 2.45) is 12.0 Å². The number of rotatable bonds is 4. The van der Waals surface area contributed by atoms with Gasteiger partial charge in [-0.25, -0.2) is 0 Å². The molecule has 0 bridgehead atoms. The summed E-state index contributed by atoms with van der Waals surface area (Å²) in [7, 11) is 1.95. The van der Waals surface area contributed by atoms with E-state index in [1.165, 1.54) is 5.56 Å². The first kappa shape index (κ1) is 13.5. The van der Waals surface area contributed by atoms with Gasteiger partial charge in [0.25, 0.3) is 0 Å². The van der Waals surface area contributed by atoms with E-state index in [1.54, 1.807) is 0 Å². The summed E-state index contributed by atoms with van der Waals surface area (Å²) in [6.45, 7) is 7.24. The van der Waals surface area contributed by atoms with E-state index in [2.05, 4.69) is 29.3 Å². The van der Waals surface area contributed by atoms with Gasteiger partial charge in [0.05, 0.1) is 12.2 Å². The maximum absolute atomic E-state index is 4.67. The fourth-order valence-corrected chi connectivity index (χ4v) is 3.52. The number of hydrogen-bond donors (Lipinski definition) is 1. The van der Waals surface area contributed by atoms with Crippen molar-refractivity contribution in [2.45, 2.75) is 45.7 Å². The van der Waals surface area contributed by atoms with E-state index in [0.717, 1.165) is 36.0 Å². The molecule has 2 heterocycles. The summed E-state index contributed by atoms with van der Waals surface area (Å²) in [5, 5.41) is 9.01. The van der Waals surface area contributed by atoms with Crippen molar-refractivity contribution < 1.29 is 0 Å². The molecule has 1 aliphatic heterocycles.